The SMILES string of the molecule is Cc1ccccc1C1CC(NCC2(C)CCCO2)C1. The van der Waals surface area contributed by atoms with Gasteiger partial charge in [0.2, 0.25) is 0 Å². The second-order valence-corrected chi connectivity index (χ2v) is 6.50. The van der Waals surface area contributed by atoms with E-state index in [1.807, 2.05) is 0 Å². The van der Waals surface area contributed by atoms with Crippen LogP contribution >= 0.6 is 0 Å². The lowest BCUT2D eigenvalue weighted by Crippen LogP contribution is -2.47. The van der Waals surface area contributed by atoms with Gasteiger partial charge in [-0.3, -0.25) is 0 Å². The van der Waals surface area contributed by atoms with Crippen LogP contribution in [0, 0.1) is 6.92 Å². The highest BCUT2D eigenvalue weighted by atomic mass is 16.5. The molecule has 1 aliphatic carbocycles. The van der Waals surface area contributed by atoms with E-state index in [0.717, 1.165) is 19.1 Å². The van der Waals surface area contributed by atoms with Crippen molar-refractivity contribution < 1.29 is 4.74 Å². The van der Waals surface area contributed by atoms with E-state index in [1.165, 1.54) is 31.2 Å². The summed E-state index contributed by atoms with van der Waals surface area (Å²) in [6.07, 6.45) is 4.98. The molecule has 0 aromatic heterocycles. The first-order chi connectivity index (χ1) is 9.16. The molecule has 0 spiro atoms. The van der Waals surface area contributed by atoms with Crippen molar-refractivity contribution in [3.63, 3.8) is 0 Å². The maximum Gasteiger partial charge on any atom is 0.0779 e. The van der Waals surface area contributed by atoms with Crippen LogP contribution in [0.25, 0.3) is 0 Å². The van der Waals surface area contributed by atoms with Crippen LogP contribution in [0.2, 0.25) is 0 Å². The van der Waals surface area contributed by atoms with Crippen molar-refractivity contribution in [1.82, 2.24) is 5.32 Å². The number of aryl methyl sites for hydroxylation is 1. The Morgan fingerprint density at radius 3 is 2.79 bits per heavy atom. The molecule has 0 amide bonds. The van der Waals surface area contributed by atoms with Crippen LogP contribution in [-0.2, 0) is 4.74 Å². The predicted molar refractivity (Wildman–Crippen MR) is 78.5 cm³/mol. The van der Waals surface area contributed by atoms with Crippen LogP contribution in [0.3, 0.4) is 0 Å². The molecule has 2 heteroatoms. The zero-order valence-electron chi connectivity index (χ0n) is 12.1. The Morgan fingerprint density at radius 2 is 2.11 bits per heavy atom. The number of hydrogen-bond acceptors (Lipinski definition) is 2. The molecule has 1 saturated carbocycles. The zero-order chi connectivity index (χ0) is 13.3. The molecular formula is C17H25NO. The summed E-state index contributed by atoms with van der Waals surface area (Å²) in [6, 6.07) is 9.49. The number of nitrogens with one attached hydrogen (secondary N) is 1. The molecule has 1 saturated heterocycles. The molecule has 19 heavy (non-hydrogen) atoms. The summed E-state index contributed by atoms with van der Waals surface area (Å²) in [5.74, 6) is 0.760. The average molecular weight is 259 g/mol. The first-order valence-corrected chi connectivity index (χ1v) is 7.59. The molecule has 1 aromatic rings. The van der Waals surface area contributed by atoms with E-state index in [1.54, 1.807) is 5.56 Å². The third-order valence-corrected chi connectivity index (χ3v) is 4.83. The topological polar surface area (TPSA) is 21.3 Å². The van der Waals surface area contributed by atoms with Crippen molar-refractivity contribution in [3.05, 3.63) is 35.4 Å². The molecule has 2 fully saturated rings. The number of ether oxygens (including phenoxy) is 1. The lowest BCUT2D eigenvalue weighted by Gasteiger charge is -2.39. The van der Waals surface area contributed by atoms with E-state index in [-0.39, 0.29) is 5.60 Å². The fourth-order valence-corrected chi connectivity index (χ4v) is 3.42. The summed E-state index contributed by atoms with van der Waals surface area (Å²) in [5, 5.41) is 3.70. The molecule has 1 heterocycles. The molecule has 1 N–H and O–H groups in total. The van der Waals surface area contributed by atoms with Crippen molar-refractivity contribution in [2.45, 2.75) is 57.1 Å². The van der Waals surface area contributed by atoms with Gasteiger partial charge in [-0.15, -0.1) is 0 Å². The van der Waals surface area contributed by atoms with Gasteiger partial charge in [-0.2, -0.15) is 0 Å². The Kier molecular flexibility index (Phi) is 3.64. The van der Waals surface area contributed by atoms with Crippen LogP contribution < -0.4 is 5.32 Å². The van der Waals surface area contributed by atoms with Crippen molar-refractivity contribution >= 4 is 0 Å². The lowest BCUT2D eigenvalue weighted by atomic mass is 9.74. The highest BCUT2D eigenvalue weighted by Gasteiger charge is 2.34. The van der Waals surface area contributed by atoms with Gasteiger partial charge in [-0.05, 0) is 56.6 Å². The second-order valence-electron chi connectivity index (χ2n) is 6.50. The second kappa shape index (κ2) is 5.26. The van der Waals surface area contributed by atoms with E-state index < -0.39 is 0 Å². The highest BCUT2D eigenvalue weighted by molar-refractivity contribution is 5.31. The minimum atomic E-state index is 0.0910. The molecule has 1 unspecified atom stereocenters. The van der Waals surface area contributed by atoms with E-state index in [9.17, 15) is 0 Å². The molecule has 0 radical (unpaired) electrons. The quantitative estimate of drug-likeness (QED) is 0.895. The van der Waals surface area contributed by atoms with Crippen molar-refractivity contribution in [3.8, 4) is 0 Å². The Balaban J connectivity index is 1.47. The van der Waals surface area contributed by atoms with Gasteiger partial charge < -0.3 is 10.1 Å². The summed E-state index contributed by atoms with van der Waals surface area (Å²) in [4.78, 5) is 0. The Hall–Kier alpha value is -0.860. The minimum Gasteiger partial charge on any atom is -0.374 e. The van der Waals surface area contributed by atoms with Crippen molar-refractivity contribution in [2.24, 2.45) is 0 Å². The van der Waals surface area contributed by atoms with Crippen molar-refractivity contribution in [1.29, 1.82) is 0 Å². The number of rotatable bonds is 4. The first-order valence-electron chi connectivity index (χ1n) is 7.59. The molecular weight excluding hydrogens is 234 g/mol. The van der Waals surface area contributed by atoms with Gasteiger partial charge >= 0.3 is 0 Å². The normalized spacial score (nSPS) is 34.2. The minimum absolute atomic E-state index is 0.0910. The van der Waals surface area contributed by atoms with E-state index >= 15 is 0 Å². The van der Waals surface area contributed by atoms with Gasteiger partial charge in [0.05, 0.1) is 5.60 Å². The van der Waals surface area contributed by atoms with E-state index in [0.29, 0.717) is 6.04 Å². The third-order valence-electron chi connectivity index (χ3n) is 4.83. The molecule has 1 atom stereocenters. The van der Waals surface area contributed by atoms with Gasteiger partial charge in [-0.1, -0.05) is 24.3 Å². The molecule has 1 aliphatic heterocycles. The summed E-state index contributed by atoms with van der Waals surface area (Å²) in [5.41, 5.74) is 3.08. The highest BCUT2D eigenvalue weighted by Crippen LogP contribution is 2.38. The molecule has 3 rings (SSSR count). The maximum absolute atomic E-state index is 5.83. The van der Waals surface area contributed by atoms with Crippen LogP contribution in [0.1, 0.15) is 49.7 Å². The number of hydrogen-bond donors (Lipinski definition) is 1. The maximum atomic E-state index is 5.83. The molecule has 104 valence electrons. The Bertz CT molecular complexity index is 431. The lowest BCUT2D eigenvalue weighted by molar-refractivity contribution is 0.0158. The molecule has 0 bridgehead atoms. The van der Waals surface area contributed by atoms with Crippen LogP contribution in [0.4, 0.5) is 0 Å². The fourth-order valence-electron chi connectivity index (χ4n) is 3.42. The Labute approximate surface area is 116 Å². The predicted octanol–water partition coefficient (Wildman–Crippen LogP) is 3.40. The van der Waals surface area contributed by atoms with Gasteiger partial charge in [0, 0.05) is 19.2 Å². The average Bonchev–Trinajstić information content (AvgIpc) is 2.77. The zero-order valence-corrected chi connectivity index (χ0v) is 12.1. The van der Waals surface area contributed by atoms with Gasteiger partial charge in [-0.25, -0.2) is 0 Å². The third kappa shape index (κ3) is 2.85. The molecule has 1 aromatic carbocycles. The molecule has 2 nitrogen and oxygen atoms in total. The van der Waals surface area contributed by atoms with Gasteiger partial charge in [0.15, 0.2) is 0 Å². The smallest absolute Gasteiger partial charge is 0.0779 e. The van der Waals surface area contributed by atoms with E-state index in [4.69, 9.17) is 4.74 Å². The summed E-state index contributed by atoms with van der Waals surface area (Å²) in [6.45, 7) is 6.42. The summed E-state index contributed by atoms with van der Waals surface area (Å²) < 4.78 is 5.83. The monoisotopic (exact) mass is 259 g/mol. The largest absolute Gasteiger partial charge is 0.374 e. The van der Waals surface area contributed by atoms with Crippen LogP contribution in [-0.4, -0.2) is 24.8 Å². The Morgan fingerprint density at radius 1 is 1.32 bits per heavy atom. The summed E-state index contributed by atoms with van der Waals surface area (Å²) >= 11 is 0. The summed E-state index contributed by atoms with van der Waals surface area (Å²) in [7, 11) is 0. The standard InChI is InChI=1S/C17H25NO/c1-13-6-3-4-7-16(13)14-10-15(11-14)18-12-17(2)8-5-9-19-17/h3-4,6-7,14-15,18H,5,8-12H2,1-2H3. The fraction of sp³-hybridized carbons (Fsp3) is 0.647. The molecule has 2 aliphatic rings. The van der Waals surface area contributed by atoms with E-state index in [2.05, 4.69) is 43.4 Å². The van der Waals surface area contributed by atoms with Crippen LogP contribution in [0.5, 0.6) is 0 Å². The van der Waals surface area contributed by atoms with Gasteiger partial charge in [0.1, 0.15) is 0 Å². The first kappa shape index (κ1) is 13.1. The van der Waals surface area contributed by atoms with Gasteiger partial charge in [0.25, 0.3) is 0 Å². The van der Waals surface area contributed by atoms with Crippen LogP contribution in [0.15, 0.2) is 24.3 Å². The number of benzene rings is 1. The van der Waals surface area contributed by atoms with Crippen molar-refractivity contribution in [2.75, 3.05) is 13.2 Å².